The Morgan fingerprint density at radius 2 is 2.17 bits per heavy atom. The molecule has 3 aliphatic rings. The summed E-state index contributed by atoms with van der Waals surface area (Å²) in [6, 6.07) is 3.23. The van der Waals surface area contributed by atoms with Crippen LogP contribution in [0.25, 0.3) is 0 Å². The number of rotatable bonds is 3. The van der Waals surface area contributed by atoms with Crippen LogP contribution in [0.5, 0.6) is 0 Å². The number of hydrogen-bond acceptors (Lipinski definition) is 3. The fourth-order valence-electron chi connectivity index (χ4n) is 3.44. The summed E-state index contributed by atoms with van der Waals surface area (Å²) < 4.78 is 6.84. The molecule has 2 fully saturated rings. The predicted octanol–water partition coefficient (Wildman–Crippen LogP) is 3.55. The van der Waals surface area contributed by atoms with E-state index in [1.807, 2.05) is 0 Å². The normalized spacial score (nSPS) is 35.1. The van der Waals surface area contributed by atoms with Gasteiger partial charge in [0.15, 0.2) is 0 Å². The molecule has 4 heteroatoms. The van der Waals surface area contributed by atoms with Gasteiger partial charge >= 0.3 is 0 Å². The van der Waals surface area contributed by atoms with E-state index in [1.54, 1.807) is 11.3 Å². The fraction of sp³-hybridized carbons (Fsp3) is 0.714. The average molecular weight is 284 g/mol. The van der Waals surface area contributed by atoms with Crippen molar-refractivity contribution in [1.29, 1.82) is 0 Å². The first-order valence-corrected chi connectivity index (χ1v) is 8.16. The maximum atomic E-state index is 6.12. The highest BCUT2D eigenvalue weighted by atomic mass is 35.5. The lowest BCUT2D eigenvalue weighted by Gasteiger charge is -2.23. The Morgan fingerprint density at radius 1 is 1.28 bits per heavy atom. The highest BCUT2D eigenvalue weighted by molar-refractivity contribution is 7.16. The van der Waals surface area contributed by atoms with Crippen LogP contribution in [-0.2, 0) is 11.2 Å². The van der Waals surface area contributed by atoms with Crippen LogP contribution in [0.15, 0.2) is 6.07 Å². The van der Waals surface area contributed by atoms with E-state index in [4.69, 9.17) is 16.3 Å². The monoisotopic (exact) mass is 283 g/mol. The summed E-state index contributed by atoms with van der Waals surface area (Å²) in [5.74, 6) is 0.830. The molecular weight excluding hydrogens is 266 g/mol. The van der Waals surface area contributed by atoms with E-state index in [2.05, 4.69) is 11.4 Å². The third kappa shape index (κ3) is 2.01. The molecule has 2 nitrogen and oxygen atoms in total. The topological polar surface area (TPSA) is 21.3 Å². The first-order valence-electron chi connectivity index (χ1n) is 6.97. The summed E-state index contributed by atoms with van der Waals surface area (Å²) in [5, 5.41) is 3.84. The van der Waals surface area contributed by atoms with Gasteiger partial charge in [-0.1, -0.05) is 11.6 Å². The van der Waals surface area contributed by atoms with E-state index >= 15 is 0 Å². The Hall–Kier alpha value is -0.0900. The van der Waals surface area contributed by atoms with Crippen molar-refractivity contribution in [2.75, 3.05) is 6.61 Å². The van der Waals surface area contributed by atoms with Crippen LogP contribution < -0.4 is 5.32 Å². The van der Waals surface area contributed by atoms with Gasteiger partial charge in [0, 0.05) is 23.6 Å². The molecule has 0 bridgehead atoms. The van der Waals surface area contributed by atoms with E-state index in [0.717, 1.165) is 16.9 Å². The van der Waals surface area contributed by atoms with Gasteiger partial charge in [-0.05, 0) is 49.7 Å². The summed E-state index contributed by atoms with van der Waals surface area (Å²) >= 11 is 7.87. The molecule has 3 unspecified atom stereocenters. The first-order chi connectivity index (χ1) is 8.81. The first kappa shape index (κ1) is 11.7. The van der Waals surface area contributed by atoms with Crippen LogP contribution in [-0.4, -0.2) is 18.8 Å². The minimum Gasteiger partial charge on any atom is -0.376 e. The van der Waals surface area contributed by atoms with Gasteiger partial charge in [-0.2, -0.15) is 0 Å². The minimum absolute atomic E-state index is 0.475. The molecule has 1 aromatic heterocycles. The van der Waals surface area contributed by atoms with Crippen LogP contribution in [0.4, 0.5) is 0 Å². The Balaban J connectivity index is 1.48. The molecule has 2 aliphatic carbocycles. The molecule has 1 N–H and O–H groups in total. The molecule has 0 radical (unpaired) electrons. The van der Waals surface area contributed by atoms with Gasteiger partial charge in [-0.15, -0.1) is 11.3 Å². The molecule has 1 saturated heterocycles. The molecular formula is C14H18ClNOS. The number of ether oxygens (including phenoxy) is 1. The van der Waals surface area contributed by atoms with Crippen molar-refractivity contribution in [3.8, 4) is 0 Å². The molecule has 0 spiro atoms. The van der Waals surface area contributed by atoms with Crippen molar-refractivity contribution in [2.24, 2.45) is 5.92 Å². The van der Waals surface area contributed by atoms with Crippen molar-refractivity contribution in [3.05, 3.63) is 20.8 Å². The van der Waals surface area contributed by atoms with E-state index in [0.29, 0.717) is 18.2 Å². The largest absolute Gasteiger partial charge is 0.376 e. The lowest BCUT2D eigenvalue weighted by Crippen LogP contribution is -2.39. The molecule has 2 heterocycles. The quantitative estimate of drug-likeness (QED) is 0.916. The Labute approximate surface area is 117 Å². The summed E-state index contributed by atoms with van der Waals surface area (Å²) in [7, 11) is 0. The van der Waals surface area contributed by atoms with E-state index < -0.39 is 0 Å². The van der Waals surface area contributed by atoms with Crippen LogP contribution in [0.3, 0.4) is 0 Å². The SMILES string of the molecule is Clc1cc2c(s1)CCC2NC1CCOC1C1CC1. The summed E-state index contributed by atoms with van der Waals surface area (Å²) in [4.78, 5) is 1.49. The molecule has 4 rings (SSSR count). The molecule has 1 aromatic rings. The smallest absolute Gasteiger partial charge is 0.0934 e. The lowest BCUT2D eigenvalue weighted by atomic mass is 10.0. The molecule has 1 aliphatic heterocycles. The number of nitrogens with one attached hydrogen (secondary N) is 1. The Kier molecular flexibility index (Phi) is 2.92. The molecule has 0 aromatic carbocycles. The second kappa shape index (κ2) is 4.48. The van der Waals surface area contributed by atoms with Crippen LogP contribution >= 0.6 is 22.9 Å². The second-order valence-electron chi connectivity index (χ2n) is 5.75. The zero-order valence-corrected chi connectivity index (χ0v) is 11.9. The Bertz CT molecular complexity index is 457. The number of aryl methyl sites for hydroxylation is 1. The predicted molar refractivity (Wildman–Crippen MR) is 74.4 cm³/mol. The van der Waals surface area contributed by atoms with Crippen molar-refractivity contribution in [1.82, 2.24) is 5.32 Å². The summed E-state index contributed by atoms with van der Waals surface area (Å²) in [6.45, 7) is 0.933. The van der Waals surface area contributed by atoms with Crippen molar-refractivity contribution in [2.45, 2.75) is 50.3 Å². The molecule has 3 atom stereocenters. The number of hydrogen-bond donors (Lipinski definition) is 1. The molecule has 1 saturated carbocycles. The van der Waals surface area contributed by atoms with Gasteiger partial charge in [0.2, 0.25) is 0 Å². The second-order valence-corrected chi connectivity index (χ2v) is 7.52. The number of halogens is 1. The number of fused-ring (bicyclic) bond motifs is 1. The fourth-order valence-corrected chi connectivity index (χ4v) is 4.80. The molecule has 0 amide bonds. The molecule has 98 valence electrons. The maximum Gasteiger partial charge on any atom is 0.0934 e. The van der Waals surface area contributed by atoms with Gasteiger partial charge in [-0.3, -0.25) is 0 Å². The van der Waals surface area contributed by atoms with Crippen molar-refractivity contribution < 1.29 is 4.74 Å². The van der Waals surface area contributed by atoms with Crippen molar-refractivity contribution in [3.63, 3.8) is 0 Å². The van der Waals surface area contributed by atoms with E-state index in [1.165, 1.54) is 42.5 Å². The van der Waals surface area contributed by atoms with Gasteiger partial charge in [0.1, 0.15) is 0 Å². The highest BCUT2D eigenvalue weighted by Crippen LogP contribution is 2.42. The zero-order valence-electron chi connectivity index (χ0n) is 10.3. The van der Waals surface area contributed by atoms with E-state index in [-0.39, 0.29) is 0 Å². The van der Waals surface area contributed by atoms with Gasteiger partial charge in [0.05, 0.1) is 10.4 Å². The molecule has 18 heavy (non-hydrogen) atoms. The van der Waals surface area contributed by atoms with Gasteiger partial charge in [0.25, 0.3) is 0 Å². The summed E-state index contributed by atoms with van der Waals surface area (Å²) in [5.41, 5.74) is 1.45. The van der Waals surface area contributed by atoms with Gasteiger partial charge < -0.3 is 10.1 Å². The standard InChI is InChI=1S/C14H18ClNOS/c15-13-7-9-10(3-4-12(9)18-13)16-11-5-6-17-14(11)8-1-2-8/h7-8,10-11,14,16H,1-6H2. The Morgan fingerprint density at radius 3 is 3.00 bits per heavy atom. The summed E-state index contributed by atoms with van der Waals surface area (Å²) in [6.07, 6.45) is 6.79. The van der Waals surface area contributed by atoms with Crippen molar-refractivity contribution >= 4 is 22.9 Å². The highest BCUT2D eigenvalue weighted by Gasteiger charge is 2.41. The zero-order chi connectivity index (χ0) is 12.1. The van der Waals surface area contributed by atoms with Crippen LogP contribution in [0, 0.1) is 5.92 Å². The third-order valence-corrected chi connectivity index (χ3v) is 5.82. The average Bonchev–Trinajstić information content (AvgIpc) is 2.80. The number of thiophene rings is 1. The van der Waals surface area contributed by atoms with E-state index in [9.17, 15) is 0 Å². The minimum atomic E-state index is 0.475. The van der Waals surface area contributed by atoms with Gasteiger partial charge in [-0.25, -0.2) is 0 Å². The third-order valence-electron chi connectivity index (χ3n) is 4.48. The lowest BCUT2D eigenvalue weighted by molar-refractivity contribution is 0.0788. The van der Waals surface area contributed by atoms with Crippen LogP contribution in [0.2, 0.25) is 4.34 Å². The maximum absolute atomic E-state index is 6.12. The van der Waals surface area contributed by atoms with Crippen LogP contribution in [0.1, 0.15) is 42.2 Å².